The normalized spacial score (nSPS) is 10.8. The molecular formula is C12H12FN. The summed E-state index contributed by atoms with van der Waals surface area (Å²) in [7, 11) is 0. The van der Waals surface area contributed by atoms with E-state index in [2.05, 4.69) is 0 Å². The second kappa shape index (κ2) is 3.39. The first-order chi connectivity index (χ1) is 6.74. The Balaban J connectivity index is 2.84. The van der Waals surface area contributed by atoms with Crippen molar-refractivity contribution < 1.29 is 4.39 Å². The van der Waals surface area contributed by atoms with Crippen molar-refractivity contribution in [2.24, 2.45) is 5.73 Å². The van der Waals surface area contributed by atoms with Gasteiger partial charge in [-0.05, 0) is 29.5 Å². The Morgan fingerprint density at radius 3 is 2.64 bits per heavy atom. The molecule has 2 aromatic carbocycles. The van der Waals surface area contributed by atoms with Crippen molar-refractivity contribution in [3.63, 3.8) is 0 Å². The molecular weight excluding hydrogens is 177 g/mol. The third kappa shape index (κ3) is 1.28. The van der Waals surface area contributed by atoms with E-state index in [0.29, 0.717) is 11.9 Å². The first-order valence-electron chi connectivity index (χ1n) is 4.61. The van der Waals surface area contributed by atoms with Crippen LogP contribution in [-0.4, -0.2) is 0 Å². The highest BCUT2D eigenvalue weighted by Gasteiger charge is 2.04. The predicted molar refractivity (Wildman–Crippen MR) is 56.5 cm³/mol. The number of rotatable bonds is 1. The van der Waals surface area contributed by atoms with Gasteiger partial charge in [0, 0.05) is 11.9 Å². The smallest absolute Gasteiger partial charge is 0.131 e. The largest absolute Gasteiger partial charge is 0.326 e. The van der Waals surface area contributed by atoms with E-state index >= 15 is 0 Å². The molecule has 0 saturated heterocycles. The Kier molecular flexibility index (Phi) is 2.22. The van der Waals surface area contributed by atoms with Gasteiger partial charge in [-0.1, -0.05) is 24.3 Å². The lowest BCUT2D eigenvalue weighted by molar-refractivity contribution is 0.640. The summed E-state index contributed by atoms with van der Waals surface area (Å²) < 4.78 is 13.4. The van der Waals surface area contributed by atoms with Crippen LogP contribution in [-0.2, 0) is 6.54 Å². The van der Waals surface area contributed by atoms with E-state index in [1.807, 2.05) is 19.1 Å². The molecule has 14 heavy (non-hydrogen) atoms. The van der Waals surface area contributed by atoms with Crippen molar-refractivity contribution >= 4 is 10.8 Å². The van der Waals surface area contributed by atoms with E-state index in [4.69, 9.17) is 5.73 Å². The van der Waals surface area contributed by atoms with E-state index in [1.165, 1.54) is 6.07 Å². The number of aryl methyl sites for hydroxylation is 1. The van der Waals surface area contributed by atoms with Crippen molar-refractivity contribution in [3.05, 3.63) is 47.3 Å². The fourth-order valence-corrected chi connectivity index (χ4v) is 1.74. The molecule has 0 radical (unpaired) electrons. The fourth-order valence-electron chi connectivity index (χ4n) is 1.74. The van der Waals surface area contributed by atoms with Crippen LogP contribution in [0.5, 0.6) is 0 Å². The number of halogens is 1. The Morgan fingerprint density at radius 2 is 1.93 bits per heavy atom. The Bertz CT molecular complexity index is 477. The van der Waals surface area contributed by atoms with Crippen LogP contribution in [0, 0.1) is 12.7 Å². The average Bonchev–Trinajstić information content (AvgIpc) is 2.20. The van der Waals surface area contributed by atoms with Gasteiger partial charge in [-0.3, -0.25) is 0 Å². The topological polar surface area (TPSA) is 26.0 Å². The number of hydrogen-bond donors (Lipinski definition) is 1. The Labute approximate surface area is 82.3 Å². The molecule has 0 heterocycles. The molecule has 0 fully saturated rings. The van der Waals surface area contributed by atoms with Crippen molar-refractivity contribution in [3.8, 4) is 0 Å². The van der Waals surface area contributed by atoms with Gasteiger partial charge in [0.15, 0.2) is 0 Å². The van der Waals surface area contributed by atoms with Gasteiger partial charge in [-0.15, -0.1) is 0 Å². The summed E-state index contributed by atoms with van der Waals surface area (Å²) in [6, 6.07) is 8.81. The number of fused-ring (bicyclic) bond motifs is 1. The van der Waals surface area contributed by atoms with E-state index in [9.17, 15) is 4.39 Å². The minimum absolute atomic E-state index is 0.172. The van der Waals surface area contributed by atoms with Gasteiger partial charge in [-0.25, -0.2) is 4.39 Å². The van der Waals surface area contributed by atoms with E-state index in [-0.39, 0.29) is 5.82 Å². The quantitative estimate of drug-likeness (QED) is 0.733. The van der Waals surface area contributed by atoms with Crippen molar-refractivity contribution in [1.82, 2.24) is 0 Å². The van der Waals surface area contributed by atoms with E-state index < -0.39 is 0 Å². The molecule has 0 saturated carbocycles. The van der Waals surface area contributed by atoms with Gasteiger partial charge >= 0.3 is 0 Å². The monoisotopic (exact) mass is 189 g/mol. The van der Waals surface area contributed by atoms with Gasteiger partial charge in [-0.2, -0.15) is 0 Å². The van der Waals surface area contributed by atoms with Gasteiger partial charge < -0.3 is 5.73 Å². The van der Waals surface area contributed by atoms with Crippen molar-refractivity contribution in [2.45, 2.75) is 13.5 Å². The van der Waals surface area contributed by atoms with Gasteiger partial charge in [0.1, 0.15) is 5.82 Å². The minimum atomic E-state index is -0.172. The molecule has 2 heteroatoms. The number of benzene rings is 2. The predicted octanol–water partition coefficient (Wildman–Crippen LogP) is 2.75. The zero-order chi connectivity index (χ0) is 10.1. The molecule has 0 unspecified atom stereocenters. The molecule has 2 rings (SSSR count). The van der Waals surface area contributed by atoms with Crippen LogP contribution in [0.4, 0.5) is 4.39 Å². The van der Waals surface area contributed by atoms with Gasteiger partial charge in [0.05, 0.1) is 0 Å². The van der Waals surface area contributed by atoms with E-state index in [0.717, 1.165) is 16.5 Å². The molecule has 0 aliphatic heterocycles. The number of hydrogen-bond acceptors (Lipinski definition) is 1. The molecule has 0 bridgehead atoms. The van der Waals surface area contributed by atoms with Crippen LogP contribution in [0.3, 0.4) is 0 Å². The van der Waals surface area contributed by atoms with Crippen molar-refractivity contribution in [1.29, 1.82) is 0 Å². The van der Waals surface area contributed by atoms with Crippen LogP contribution >= 0.6 is 0 Å². The average molecular weight is 189 g/mol. The standard InChI is InChI=1S/C12H12FN/c1-8-9(7-14)5-6-11-10(8)3-2-4-12(11)13/h2-6H,7,14H2,1H3. The van der Waals surface area contributed by atoms with E-state index in [1.54, 1.807) is 12.1 Å². The second-order valence-electron chi connectivity index (χ2n) is 3.39. The molecule has 0 aliphatic carbocycles. The molecule has 2 N–H and O–H groups in total. The minimum Gasteiger partial charge on any atom is -0.326 e. The molecule has 0 aromatic heterocycles. The summed E-state index contributed by atoms with van der Waals surface area (Å²) in [4.78, 5) is 0. The molecule has 2 aromatic rings. The second-order valence-corrected chi connectivity index (χ2v) is 3.39. The Morgan fingerprint density at radius 1 is 1.14 bits per heavy atom. The zero-order valence-corrected chi connectivity index (χ0v) is 8.05. The third-order valence-electron chi connectivity index (χ3n) is 2.61. The molecule has 1 nitrogen and oxygen atoms in total. The van der Waals surface area contributed by atoms with Gasteiger partial charge in [0.25, 0.3) is 0 Å². The lowest BCUT2D eigenvalue weighted by Crippen LogP contribution is -1.99. The first kappa shape index (κ1) is 9.16. The molecule has 0 aliphatic rings. The summed E-state index contributed by atoms with van der Waals surface area (Å²) in [5.41, 5.74) is 7.73. The molecule has 0 atom stereocenters. The van der Waals surface area contributed by atoms with Crippen LogP contribution in [0.15, 0.2) is 30.3 Å². The molecule has 0 spiro atoms. The SMILES string of the molecule is Cc1c(CN)ccc2c(F)cccc12. The summed E-state index contributed by atoms with van der Waals surface area (Å²) in [5, 5.41) is 1.62. The highest BCUT2D eigenvalue weighted by molar-refractivity contribution is 5.87. The summed E-state index contributed by atoms with van der Waals surface area (Å²) in [5.74, 6) is -0.172. The maximum atomic E-state index is 13.4. The number of nitrogens with two attached hydrogens (primary N) is 1. The van der Waals surface area contributed by atoms with Crippen LogP contribution in [0.1, 0.15) is 11.1 Å². The first-order valence-corrected chi connectivity index (χ1v) is 4.61. The lowest BCUT2D eigenvalue weighted by Gasteiger charge is -2.07. The highest BCUT2D eigenvalue weighted by atomic mass is 19.1. The summed E-state index contributed by atoms with van der Waals surface area (Å²) in [6.07, 6.45) is 0. The molecule has 0 amide bonds. The lowest BCUT2D eigenvalue weighted by atomic mass is 10.00. The van der Waals surface area contributed by atoms with Gasteiger partial charge in [0.2, 0.25) is 0 Å². The molecule has 72 valence electrons. The van der Waals surface area contributed by atoms with Crippen LogP contribution in [0.2, 0.25) is 0 Å². The zero-order valence-electron chi connectivity index (χ0n) is 8.05. The summed E-state index contributed by atoms with van der Waals surface area (Å²) in [6.45, 7) is 2.47. The third-order valence-corrected chi connectivity index (χ3v) is 2.61. The van der Waals surface area contributed by atoms with Crippen LogP contribution in [0.25, 0.3) is 10.8 Å². The maximum Gasteiger partial charge on any atom is 0.131 e. The van der Waals surface area contributed by atoms with Crippen molar-refractivity contribution in [2.75, 3.05) is 0 Å². The maximum absolute atomic E-state index is 13.4. The Hall–Kier alpha value is -1.41. The van der Waals surface area contributed by atoms with Crippen LogP contribution < -0.4 is 5.73 Å². The highest BCUT2D eigenvalue weighted by Crippen LogP contribution is 2.23. The fraction of sp³-hybridized carbons (Fsp3) is 0.167. The summed E-state index contributed by atoms with van der Waals surface area (Å²) >= 11 is 0.